The van der Waals surface area contributed by atoms with Crippen molar-refractivity contribution in [3.05, 3.63) is 93.3 Å². The van der Waals surface area contributed by atoms with Crippen LogP contribution in [0.3, 0.4) is 0 Å². The summed E-state index contributed by atoms with van der Waals surface area (Å²) >= 11 is 0. The van der Waals surface area contributed by atoms with Crippen molar-refractivity contribution in [2.45, 2.75) is 78.9 Å². The quantitative estimate of drug-likeness (QED) is 0.177. The summed E-state index contributed by atoms with van der Waals surface area (Å²) in [7, 11) is 0. The minimum absolute atomic E-state index is 0.0513. The third kappa shape index (κ3) is 8.45. The van der Waals surface area contributed by atoms with E-state index < -0.39 is 29.0 Å². The molecule has 4 atom stereocenters. The van der Waals surface area contributed by atoms with Crippen molar-refractivity contribution >= 4 is 17.6 Å². The number of nitrogens with zero attached hydrogens (tertiary/aromatic N) is 1. The van der Waals surface area contributed by atoms with Gasteiger partial charge in [-0.15, -0.1) is 0 Å². The number of ketones is 1. The van der Waals surface area contributed by atoms with Crippen LogP contribution in [0.1, 0.15) is 81.8 Å². The van der Waals surface area contributed by atoms with Crippen LogP contribution in [-0.2, 0) is 16.0 Å². The Bertz CT molecular complexity index is 1550. The molecule has 1 aromatic heterocycles. The first-order valence-electron chi connectivity index (χ1n) is 15.9. The van der Waals surface area contributed by atoms with Gasteiger partial charge in [-0.05, 0) is 91.8 Å². The molecule has 2 aromatic carbocycles. The van der Waals surface area contributed by atoms with Gasteiger partial charge in [0.1, 0.15) is 29.6 Å². The van der Waals surface area contributed by atoms with E-state index in [1.165, 1.54) is 23.1 Å². The maximum atomic E-state index is 14.3. The lowest BCUT2D eigenvalue weighted by molar-refractivity contribution is -0.159. The number of ether oxygens (including phenoxy) is 1. The number of nitrogen functional groups attached to an aromatic ring is 1. The van der Waals surface area contributed by atoms with Crippen LogP contribution in [0.4, 0.5) is 14.6 Å². The number of pyridine rings is 1. The molecule has 9 heteroatoms. The van der Waals surface area contributed by atoms with Gasteiger partial charge in [-0.1, -0.05) is 53.2 Å². The third-order valence-corrected chi connectivity index (χ3v) is 8.77. The molecule has 3 aromatic rings. The summed E-state index contributed by atoms with van der Waals surface area (Å²) in [6, 6.07) is 11.8. The number of anilines is 1. The Hall–Kier alpha value is -3.85. The number of rotatable bonds is 12. The lowest BCUT2D eigenvalue weighted by Crippen LogP contribution is -2.44. The van der Waals surface area contributed by atoms with E-state index in [0.29, 0.717) is 54.8 Å². The van der Waals surface area contributed by atoms with Crippen LogP contribution in [-0.4, -0.2) is 35.0 Å². The van der Waals surface area contributed by atoms with E-state index in [4.69, 9.17) is 10.5 Å². The molecule has 0 radical (unpaired) electrons. The highest BCUT2D eigenvalue weighted by Crippen LogP contribution is 2.35. The smallest absolute Gasteiger partial charge is 0.323 e. The molecule has 1 unspecified atom stereocenters. The van der Waals surface area contributed by atoms with Gasteiger partial charge in [-0.3, -0.25) is 19.0 Å². The number of aromatic nitrogens is 1. The molecule has 7 nitrogen and oxygen atoms in total. The van der Waals surface area contributed by atoms with Gasteiger partial charge in [0.2, 0.25) is 0 Å². The Balaban J connectivity index is 1.43. The van der Waals surface area contributed by atoms with Crippen molar-refractivity contribution in [1.29, 1.82) is 0 Å². The van der Waals surface area contributed by atoms with Crippen LogP contribution in [0, 0.1) is 35.3 Å². The van der Waals surface area contributed by atoms with Crippen molar-refractivity contribution in [2.75, 3.05) is 12.3 Å². The fraction of sp³-hybridized carbons (Fsp3) is 0.472. The molecule has 45 heavy (non-hydrogen) atoms. The lowest BCUT2D eigenvalue weighted by atomic mass is 9.75. The second-order valence-corrected chi connectivity index (χ2v) is 13.1. The second kappa shape index (κ2) is 15.0. The molecule has 0 saturated heterocycles. The minimum atomic E-state index is -1.01. The Kier molecular flexibility index (Phi) is 11.3. The molecule has 1 aliphatic carbocycles. The van der Waals surface area contributed by atoms with E-state index in [2.05, 4.69) is 39.9 Å². The van der Waals surface area contributed by atoms with Crippen molar-refractivity contribution in [3.8, 4) is 5.69 Å². The molecule has 1 aliphatic rings. The predicted molar refractivity (Wildman–Crippen MR) is 172 cm³/mol. The van der Waals surface area contributed by atoms with E-state index >= 15 is 0 Å². The van der Waals surface area contributed by atoms with Crippen LogP contribution in [0.2, 0.25) is 0 Å². The van der Waals surface area contributed by atoms with Crippen molar-refractivity contribution < 1.29 is 23.1 Å². The summed E-state index contributed by atoms with van der Waals surface area (Å²) in [5.74, 6) is -1.20. The summed E-state index contributed by atoms with van der Waals surface area (Å²) in [6.45, 7) is 11.4. The standard InChI is InChI=1S/C36H45F2N3O4/c1-21(2)18-31(36(44)45-32-19-23(5)6-12-27(32)22(3)4)40-17-16-24-7-10-26(11-8-24)41-33(42)15-14-29(35(41)39)34(43)28-13-9-25(37)20-30(28)38/h7-11,13-15,20-23,27,31-32,40H,6,12,16-19,39H2,1-5H3/t23-,27-,31?,32+/m0/s1. The lowest BCUT2D eigenvalue weighted by Gasteiger charge is -2.37. The first-order valence-corrected chi connectivity index (χ1v) is 15.9. The van der Waals surface area contributed by atoms with E-state index in [0.717, 1.165) is 30.5 Å². The summed E-state index contributed by atoms with van der Waals surface area (Å²) in [5.41, 5.74) is 6.78. The van der Waals surface area contributed by atoms with Crippen molar-refractivity contribution in [1.82, 2.24) is 9.88 Å². The monoisotopic (exact) mass is 621 g/mol. The molecule has 0 bridgehead atoms. The van der Waals surface area contributed by atoms with Gasteiger partial charge in [0.05, 0.1) is 16.8 Å². The average molecular weight is 622 g/mol. The first kappa shape index (κ1) is 34.0. The summed E-state index contributed by atoms with van der Waals surface area (Å²) in [4.78, 5) is 39.1. The zero-order valence-electron chi connectivity index (χ0n) is 26.8. The zero-order chi connectivity index (χ0) is 32.8. The SMILES string of the molecule is CC(C)CC(NCCc1ccc(-n2c(N)c(C(=O)c3ccc(F)cc3F)ccc2=O)cc1)C(=O)O[C@@H]1C[C@@H](C)CC[C@H]1C(C)C. The number of hydrogen-bond acceptors (Lipinski definition) is 6. The number of carbonyl (C=O) groups is 2. The van der Waals surface area contributed by atoms with Crippen LogP contribution >= 0.6 is 0 Å². The van der Waals surface area contributed by atoms with Crippen LogP contribution in [0.25, 0.3) is 5.69 Å². The molecule has 0 spiro atoms. The average Bonchev–Trinajstić information content (AvgIpc) is 2.97. The second-order valence-electron chi connectivity index (χ2n) is 13.1. The van der Waals surface area contributed by atoms with Crippen molar-refractivity contribution in [2.24, 2.45) is 23.7 Å². The normalized spacial score (nSPS) is 19.1. The van der Waals surface area contributed by atoms with E-state index in [1.807, 2.05) is 12.1 Å². The highest BCUT2D eigenvalue weighted by molar-refractivity contribution is 6.11. The molecule has 0 amide bonds. The predicted octanol–water partition coefficient (Wildman–Crippen LogP) is 6.48. The molecule has 1 heterocycles. The fourth-order valence-electron chi connectivity index (χ4n) is 6.25. The molecule has 4 rings (SSSR count). The number of carbonyl (C=O) groups excluding carboxylic acids is 2. The van der Waals surface area contributed by atoms with Gasteiger partial charge in [-0.2, -0.15) is 0 Å². The summed E-state index contributed by atoms with van der Waals surface area (Å²) in [5, 5.41) is 3.41. The van der Waals surface area contributed by atoms with E-state index in [-0.39, 0.29) is 29.0 Å². The molecule has 0 aliphatic heterocycles. The summed E-state index contributed by atoms with van der Waals surface area (Å²) in [6.07, 6.45) is 4.41. The number of esters is 1. The third-order valence-electron chi connectivity index (χ3n) is 8.77. The Morgan fingerprint density at radius 1 is 1.00 bits per heavy atom. The topological polar surface area (TPSA) is 103 Å². The Morgan fingerprint density at radius 2 is 1.69 bits per heavy atom. The molecule has 1 saturated carbocycles. The number of benzene rings is 2. The molecule has 242 valence electrons. The molecule has 1 fully saturated rings. The van der Waals surface area contributed by atoms with Gasteiger partial charge in [0, 0.05) is 12.1 Å². The maximum absolute atomic E-state index is 14.3. The number of nitrogens with one attached hydrogen (secondary N) is 1. The van der Waals surface area contributed by atoms with Gasteiger partial charge < -0.3 is 15.8 Å². The molecular formula is C36H45F2N3O4. The van der Waals surface area contributed by atoms with Crippen LogP contribution in [0.15, 0.2) is 59.4 Å². The van der Waals surface area contributed by atoms with Gasteiger partial charge in [0.25, 0.3) is 5.56 Å². The van der Waals surface area contributed by atoms with Gasteiger partial charge in [-0.25, -0.2) is 8.78 Å². The number of nitrogens with two attached hydrogens (primary N) is 1. The minimum Gasteiger partial charge on any atom is -0.461 e. The van der Waals surface area contributed by atoms with E-state index in [1.54, 1.807) is 12.1 Å². The highest BCUT2D eigenvalue weighted by atomic mass is 19.1. The molecule has 3 N–H and O–H groups in total. The maximum Gasteiger partial charge on any atom is 0.323 e. The van der Waals surface area contributed by atoms with Gasteiger partial charge >= 0.3 is 5.97 Å². The first-order chi connectivity index (χ1) is 21.3. The number of hydrogen-bond donors (Lipinski definition) is 2. The molecular weight excluding hydrogens is 576 g/mol. The van der Waals surface area contributed by atoms with Crippen molar-refractivity contribution in [3.63, 3.8) is 0 Å². The van der Waals surface area contributed by atoms with Crippen LogP contribution in [0.5, 0.6) is 0 Å². The largest absolute Gasteiger partial charge is 0.461 e. The Labute approximate surface area is 264 Å². The summed E-state index contributed by atoms with van der Waals surface area (Å²) < 4.78 is 35.0. The van der Waals surface area contributed by atoms with Crippen LogP contribution < -0.4 is 16.6 Å². The Morgan fingerprint density at radius 3 is 2.33 bits per heavy atom. The zero-order valence-corrected chi connectivity index (χ0v) is 26.8. The fourth-order valence-corrected chi connectivity index (χ4v) is 6.25. The van der Waals surface area contributed by atoms with E-state index in [9.17, 15) is 23.2 Å². The highest BCUT2D eigenvalue weighted by Gasteiger charge is 2.35. The van der Waals surface area contributed by atoms with Gasteiger partial charge in [0.15, 0.2) is 5.78 Å². The number of halogens is 2.